The molecule has 1 aromatic carbocycles. The first-order chi connectivity index (χ1) is 8.38. The number of hydrogen-bond acceptors (Lipinski definition) is 4. The van der Waals surface area contributed by atoms with Gasteiger partial charge in [-0.15, -0.1) is 0 Å². The molecule has 0 unspecified atom stereocenters. The van der Waals surface area contributed by atoms with Crippen molar-refractivity contribution in [1.29, 1.82) is 0 Å². The molecule has 1 aromatic rings. The van der Waals surface area contributed by atoms with Crippen molar-refractivity contribution in [2.24, 2.45) is 0 Å². The van der Waals surface area contributed by atoms with Gasteiger partial charge in [0.25, 0.3) is 0 Å². The van der Waals surface area contributed by atoms with E-state index in [9.17, 15) is 0 Å². The molecule has 0 spiro atoms. The Morgan fingerprint density at radius 1 is 1.18 bits per heavy atom. The predicted octanol–water partition coefficient (Wildman–Crippen LogP) is 1.75. The average Bonchev–Trinajstić information content (AvgIpc) is 2.41. The molecule has 0 radical (unpaired) electrons. The molecule has 1 fully saturated rings. The van der Waals surface area contributed by atoms with E-state index < -0.39 is 0 Å². The van der Waals surface area contributed by atoms with E-state index in [1.54, 1.807) is 0 Å². The largest absolute Gasteiger partial charge is 0.379 e. The Morgan fingerprint density at radius 3 is 2.53 bits per heavy atom. The Labute approximate surface area is 102 Å². The summed E-state index contributed by atoms with van der Waals surface area (Å²) in [6.45, 7) is 5.01. The summed E-state index contributed by atoms with van der Waals surface area (Å²) in [6.07, 6.45) is 2.26. The van der Waals surface area contributed by atoms with Gasteiger partial charge in [0, 0.05) is 13.1 Å². The molecule has 0 aromatic heterocycles. The van der Waals surface area contributed by atoms with Crippen molar-refractivity contribution in [3.63, 3.8) is 0 Å². The van der Waals surface area contributed by atoms with Crippen LogP contribution in [0.4, 0.5) is 5.69 Å². The minimum atomic E-state index is 0.738. The minimum absolute atomic E-state index is 0.738. The van der Waals surface area contributed by atoms with Gasteiger partial charge in [0.05, 0.1) is 18.9 Å². The highest BCUT2D eigenvalue weighted by atomic mass is 16.5. The number of morpholine rings is 1. The molecular weight excluding hydrogens is 216 g/mol. The number of hydrogen-bond donors (Lipinski definition) is 2. The minimum Gasteiger partial charge on any atom is -0.379 e. The van der Waals surface area contributed by atoms with Crippen LogP contribution in [-0.2, 0) is 11.2 Å². The summed E-state index contributed by atoms with van der Waals surface area (Å²) in [7, 11) is 0. The molecule has 1 saturated heterocycles. The molecule has 0 amide bonds. The maximum Gasteiger partial charge on any atom is 0.0602 e. The lowest BCUT2D eigenvalue weighted by Crippen LogP contribution is -2.36. The topological polar surface area (TPSA) is 44.7 Å². The lowest BCUT2D eigenvalue weighted by atomic mass is 10.1. The third-order valence-corrected chi connectivity index (χ3v) is 3.13. The molecule has 0 aliphatic carbocycles. The van der Waals surface area contributed by atoms with Gasteiger partial charge in [-0.25, -0.2) is 0 Å². The molecule has 17 heavy (non-hydrogen) atoms. The van der Waals surface area contributed by atoms with Crippen LogP contribution in [0.3, 0.4) is 0 Å². The Hall–Kier alpha value is -1.10. The van der Waals surface area contributed by atoms with Crippen LogP contribution in [0.15, 0.2) is 24.3 Å². The van der Waals surface area contributed by atoms with Crippen molar-refractivity contribution in [1.82, 2.24) is 4.90 Å². The Morgan fingerprint density at radius 2 is 1.88 bits per heavy atom. The third-order valence-electron chi connectivity index (χ3n) is 3.13. The van der Waals surface area contributed by atoms with Crippen molar-refractivity contribution < 1.29 is 9.94 Å². The van der Waals surface area contributed by atoms with Crippen LogP contribution < -0.4 is 5.48 Å². The maximum absolute atomic E-state index is 8.71. The van der Waals surface area contributed by atoms with Crippen LogP contribution in [0.5, 0.6) is 0 Å². The number of aryl methyl sites for hydroxylation is 1. The van der Waals surface area contributed by atoms with Crippen molar-refractivity contribution in [2.75, 3.05) is 38.3 Å². The van der Waals surface area contributed by atoms with Gasteiger partial charge in [0.2, 0.25) is 0 Å². The second-order valence-electron chi connectivity index (χ2n) is 4.37. The lowest BCUT2D eigenvalue weighted by molar-refractivity contribution is 0.0375. The van der Waals surface area contributed by atoms with Gasteiger partial charge in [-0.1, -0.05) is 12.1 Å². The van der Waals surface area contributed by atoms with Crippen molar-refractivity contribution in [2.45, 2.75) is 12.8 Å². The molecule has 94 valence electrons. The van der Waals surface area contributed by atoms with Crippen LogP contribution in [-0.4, -0.2) is 43.0 Å². The first-order valence-corrected chi connectivity index (χ1v) is 6.17. The standard InChI is InChI=1S/C13H20N2O2/c16-14-13-5-3-12(4-6-13)2-1-7-15-8-10-17-11-9-15/h3-6,14,16H,1-2,7-11H2. The molecule has 0 saturated carbocycles. The maximum atomic E-state index is 8.71. The Kier molecular flexibility index (Phi) is 4.79. The molecule has 2 N–H and O–H groups in total. The highest BCUT2D eigenvalue weighted by Gasteiger charge is 2.09. The van der Waals surface area contributed by atoms with Crippen LogP contribution in [0.2, 0.25) is 0 Å². The fourth-order valence-electron chi connectivity index (χ4n) is 2.08. The van der Waals surface area contributed by atoms with E-state index in [1.807, 2.05) is 12.1 Å². The smallest absolute Gasteiger partial charge is 0.0602 e. The molecular formula is C13H20N2O2. The lowest BCUT2D eigenvalue weighted by Gasteiger charge is -2.26. The zero-order valence-corrected chi connectivity index (χ0v) is 10.1. The monoisotopic (exact) mass is 236 g/mol. The summed E-state index contributed by atoms with van der Waals surface area (Å²) in [5.74, 6) is 0. The van der Waals surface area contributed by atoms with Crippen LogP contribution in [0.25, 0.3) is 0 Å². The van der Waals surface area contributed by atoms with E-state index in [2.05, 4.69) is 22.5 Å². The number of nitrogens with one attached hydrogen (secondary N) is 1. The van der Waals surface area contributed by atoms with E-state index in [-0.39, 0.29) is 0 Å². The highest BCUT2D eigenvalue weighted by molar-refractivity contribution is 5.42. The molecule has 0 bridgehead atoms. The number of benzene rings is 1. The average molecular weight is 236 g/mol. The van der Waals surface area contributed by atoms with E-state index >= 15 is 0 Å². The molecule has 4 nitrogen and oxygen atoms in total. The quantitative estimate of drug-likeness (QED) is 0.765. The van der Waals surface area contributed by atoms with Gasteiger partial charge in [-0.05, 0) is 37.1 Å². The fraction of sp³-hybridized carbons (Fsp3) is 0.538. The Bertz CT molecular complexity index is 321. The molecule has 0 atom stereocenters. The molecule has 1 aliphatic heterocycles. The summed E-state index contributed by atoms with van der Waals surface area (Å²) < 4.78 is 5.32. The zero-order chi connectivity index (χ0) is 11.9. The summed E-state index contributed by atoms with van der Waals surface area (Å²) in [5, 5.41) is 8.71. The van der Waals surface area contributed by atoms with Gasteiger partial charge in [-0.2, -0.15) is 0 Å². The van der Waals surface area contributed by atoms with Gasteiger partial charge in [-0.3, -0.25) is 15.6 Å². The zero-order valence-electron chi connectivity index (χ0n) is 10.1. The second-order valence-corrected chi connectivity index (χ2v) is 4.37. The van der Waals surface area contributed by atoms with Crippen LogP contribution in [0.1, 0.15) is 12.0 Å². The van der Waals surface area contributed by atoms with E-state index in [1.165, 1.54) is 12.0 Å². The van der Waals surface area contributed by atoms with Crippen molar-refractivity contribution in [3.05, 3.63) is 29.8 Å². The normalized spacial score (nSPS) is 17.0. The summed E-state index contributed by atoms with van der Waals surface area (Å²) >= 11 is 0. The predicted molar refractivity (Wildman–Crippen MR) is 67.4 cm³/mol. The van der Waals surface area contributed by atoms with E-state index in [0.717, 1.165) is 45.0 Å². The number of nitrogens with zero attached hydrogens (tertiary/aromatic N) is 1. The fourth-order valence-corrected chi connectivity index (χ4v) is 2.08. The van der Waals surface area contributed by atoms with E-state index in [0.29, 0.717) is 0 Å². The van der Waals surface area contributed by atoms with Gasteiger partial charge in [0.15, 0.2) is 0 Å². The molecule has 2 rings (SSSR count). The summed E-state index contributed by atoms with van der Waals surface area (Å²) in [5.41, 5.74) is 4.19. The summed E-state index contributed by atoms with van der Waals surface area (Å²) in [6, 6.07) is 7.89. The third kappa shape index (κ3) is 4.00. The first-order valence-electron chi connectivity index (χ1n) is 6.17. The molecule has 4 heteroatoms. The molecule has 1 heterocycles. The van der Waals surface area contributed by atoms with Crippen LogP contribution >= 0.6 is 0 Å². The second kappa shape index (κ2) is 6.59. The van der Waals surface area contributed by atoms with Gasteiger partial charge in [0.1, 0.15) is 0 Å². The van der Waals surface area contributed by atoms with Gasteiger partial charge < -0.3 is 4.74 Å². The van der Waals surface area contributed by atoms with Crippen LogP contribution in [0, 0.1) is 0 Å². The Balaban J connectivity index is 1.69. The number of anilines is 1. The molecule has 1 aliphatic rings. The van der Waals surface area contributed by atoms with Gasteiger partial charge >= 0.3 is 0 Å². The van der Waals surface area contributed by atoms with Crippen molar-refractivity contribution in [3.8, 4) is 0 Å². The first kappa shape index (κ1) is 12.4. The van der Waals surface area contributed by atoms with Crippen molar-refractivity contribution >= 4 is 5.69 Å². The number of rotatable bonds is 5. The SMILES string of the molecule is ONc1ccc(CCCN2CCOCC2)cc1. The van der Waals surface area contributed by atoms with E-state index in [4.69, 9.17) is 9.94 Å². The highest BCUT2D eigenvalue weighted by Crippen LogP contribution is 2.10. The number of ether oxygens (including phenoxy) is 1. The summed E-state index contributed by atoms with van der Waals surface area (Å²) in [4.78, 5) is 2.45.